The summed E-state index contributed by atoms with van der Waals surface area (Å²) in [6.07, 6.45) is 3.48. The molecule has 1 unspecified atom stereocenters. The molecule has 0 saturated carbocycles. The first-order valence-electron chi connectivity index (χ1n) is 7.90. The monoisotopic (exact) mass is 313 g/mol. The highest BCUT2D eigenvalue weighted by molar-refractivity contribution is 5.95. The number of carbonyl (C=O) groups is 1. The molecule has 23 heavy (non-hydrogen) atoms. The van der Waals surface area contributed by atoms with Crippen molar-refractivity contribution in [1.29, 1.82) is 0 Å². The third kappa shape index (κ3) is 3.78. The number of anilines is 1. The first-order valence-corrected chi connectivity index (χ1v) is 7.90. The Bertz CT molecular complexity index is 646. The van der Waals surface area contributed by atoms with E-state index in [1.54, 1.807) is 10.9 Å². The number of aryl methyl sites for hydroxylation is 1. The van der Waals surface area contributed by atoms with Crippen molar-refractivity contribution in [2.75, 3.05) is 38.5 Å². The Morgan fingerprint density at radius 1 is 1.13 bits per heavy atom. The molecule has 1 aromatic carbocycles. The SMILES string of the molecule is CN1CCN(C(C(=O)Nc2cnn(C)c2)c2ccccc2)CC1. The molecule has 1 amide bonds. The summed E-state index contributed by atoms with van der Waals surface area (Å²) in [5.41, 5.74) is 1.76. The number of amides is 1. The Kier molecular flexibility index (Phi) is 4.73. The molecule has 3 rings (SSSR count). The molecule has 0 spiro atoms. The van der Waals surface area contributed by atoms with E-state index in [0.29, 0.717) is 0 Å². The minimum atomic E-state index is -0.273. The first-order chi connectivity index (χ1) is 11.1. The van der Waals surface area contributed by atoms with E-state index in [9.17, 15) is 4.79 Å². The maximum atomic E-state index is 12.9. The molecule has 1 aliphatic heterocycles. The molecular weight excluding hydrogens is 290 g/mol. The van der Waals surface area contributed by atoms with Gasteiger partial charge in [0.1, 0.15) is 6.04 Å². The van der Waals surface area contributed by atoms with Crippen LogP contribution in [0.1, 0.15) is 11.6 Å². The van der Waals surface area contributed by atoms with E-state index >= 15 is 0 Å². The smallest absolute Gasteiger partial charge is 0.246 e. The number of piperazine rings is 1. The number of hydrogen-bond donors (Lipinski definition) is 1. The largest absolute Gasteiger partial charge is 0.322 e. The molecule has 2 aromatic rings. The van der Waals surface area contributed by atoms with Gasteiger partial charge in [-0.05, 0) is 12.6 Å². The lowest BCUT2D eigenvalue weighted by Crippen LogP contribution is -2.48. The fourth-order valence-corrected chi connectivity index (χ4v) is 2.94. The van der Waals surface area contributed by atoms with Gasteiger partial charge in [0, 0.05) is 39.4 Å². The Balaban J connectivity index is 1.81. The molecule has 6 heteroatoms. The highest BCUT2D eigenvalue weighted by atomic mass is 16.2. The van der Waals surface area contributed by atoms with Gasteiger partial charge in [-0.15, -0.1) is 0 Å². The summed E-state index contributed by atoms with van der Waals surface area (Å²) in [5, 5.41) is 7.10. The fraction of sp³-hybridized carbons (Fsp3) is 0.412. The molecule has 2 heterocycles. The lowest BCUT2D eigenvalue weighted by atomic mass is 10.0. The van der Waals surface area contributed by atoms with E-state index in [0.717, 1.165) is 37.4 Å². The van der Waals surface area contributed by atoms with Gasteiger partial charge in [-0.25, -0.2) is 0 Å². The average Bonchev–Trinajstić information content (AvgIpc) is 2.95. The maximum Gasteiger partial charge on any atom is 0.246 e. The van der Waals surface area contributed by atoms with Crippen LogP contribution in [0.4, 0.5) is 5.69 Å². The topological polar surface area (TPSA) is 53.4 Å². The Labute approximate surface area is 136 Å². The van der Waals surface area contributed by atoms with E-state index in [1.807, 2.05) is 43.6 Å². The quantitative estimate of drug-likeness (QED) is 0.926. The predicted octanol–water partition coefficient (Wildman–Crippen LogP) is 1.35. The zero-order valence-electron chi connectivity index (χ0n) is 13.6. The van der Waals surface area contributed by atoms with Gasteiger partial charge in [-0.2, -0.15) is 5.10 Å². The second-order valence-electron chi connectivity index (χ2n) is 6.04. The van der Waals surface area contributed by atoms with Crippen LogP contribution in [0.5, 0.6) is 0 Å². The standard InChI is InChI=1S/C17H23N5O/c1-20-8-10-22(11-9-20)16(14-6-4-3-5-7-14)17(23)19-15-12-18-21(2)13-15/h3-7,12-13,16H,8-11H2,1-2H3,(H,19,23). The molecule has 1 atom stereocenters. The van der Waals surface area contributed by atoms with Crippen LogP contribution in [-0.4, -0.2) is 58.7 Å². The minimum absolute atomic E-state index is 0.00578. The Hall–Kier alpha value is -2.18. The normalized spacial score (nSPS) is 17.8. The van der Waals surface area contributed by atoms with Gasteiger partial charge in [0.05, 0.1) is 11.9 Å². The van der Waals surface area contributed by atoms with Crippen molar-refractivity contribution >= 4 is 11.6 Å². The molecule has 1 N–H and O–H groups in total. The average molecular weight is 313 g/mol. The zero-order valence-corrected chi connectivity index (χ0v) is 13.6. The van der Waals surface area contributed by atoms with E-state index < -0.39 is 0 Å². The molecular formula is C17H23N5O. The van der Waals surface area contributed by atoms with Crippen molar-refractivity contribution in [3.8, 4) is 0 Å². The van der Waals surface area contributed by atoms with Crippen molar-refractivity contribution in [2.24, 2.45) is 7.05 Å². The van der Waals surface area contributed by atoms with Crippen LogP contribution in [-0.2, 0) is 11.8 Å². The molecule has 1 fully saturated rings. The van der Waals surface area contributed by atoms with E-state index in [-0.39, 0.29) is 11.9 Å². The van der Waals surface area contributed by atoms with Crippen LogP contribution in [0.25, 0.3) is 0 Å². The molecule has 1 aromatic heterocycles. The molecule has 122 valence electrons. The number of aromatic nitrogens is 2. The second kappa shape index (κ2) is 6.93. The zero-order chi connectivity index (χ0) is 16.2. The highest BCUT2D eigenvalue weighted by Gasteiger charge is 2.29. The summed E-state index contributed by atoms with van der Waals surface area (Å²) < 4.78 is 1.68. The van der Waals surface area contributed by atoms with Crippen LogP contribution in [0, 0.1) is 0 Å². The van der Waals surface area contributed by atoms with Crippen molar-refractivity contribution in [2.45, 2.75) is 6.04 Å². The number of nitrogens with zero attached hydrogens (tertiary/aromatic N) is 4. The number of hydrogen-bond acceptors (Lipinski definition) is 4. The molecule has 0 radical (unpaired) electrons. The van der Waals surface area contributed by atoms with E-state index in [4.69, 9.17) is 0 Å². The molecule has 6 nitrogen and oxygen atoms in total. The summed E-state index contributed by atoms with van der Waals surface area (Å²) >= 11 is 0. The summed E-state index contributed by atoms with van der Waals surface area (Å²) in [5.74, 6) is -0.00578. The van der Waals surface area contributed by atoms with Crippen LogP contribution in [0.3, 0.4) is 0 Å². The second-order valence-corrected chi connectivity index (χ2v) is 6.04. The van der Waals surface area contributed by atoms with E-state index in [1.165, 1.54) is 0 Å². The molecule has 0 aliphatic carbocycles. The van der Waals surface area contributed by atoms with Gasteiger partial charge in [-0.3, -0.25) is 14.4 Å². The van der Waals surface area contributed by atoms with Crippen LogP contribution < -0.4 is 5.32 Å². The third-order valence-electron chi connectivity index (χ3n) is 4.24. The van der Waals surface area contributed by atoms with Crippen LogP contribution in [0.2, 0.25) is 0 Å². The number of carbonyl (C=O) groups excluding carboxylic acids is 1. The van der Waals surface area contributed by atoms with Crippen molar-refractivity contribution in [3.05, 3.63) is 48.3 Å². The van der Waals surface area contributed by atoms with Crippen LogP contribution in [0.15, 0.2) is 42.7 Å². The van der Waals surface area contributed by atoms with Gasteiger partial charge in [0.2, 0.25) is 5.91 Å². The molecule has 0 bridgehead atoms. The number of nitrogens with one attached hydrogen (secondary N) is 1. The number of rotatable bonds is 4. The Morgan fingerprint density at radius 2 is 1.83 bits per heavy atom. The summed E-state index contributed by atoms with van der Waals surface area (Å²) in [4.78, 5) is 17.4. The number of benzene rings is 1. The third-order valence-corrected chi connectivity index (χ3v) is 4.24. The van der Waals surface area contributed by atoms with Crippen molar-refractivity contribution < 1.29 is 4.79 Å². The highest BCUT2D eigenvalue weighted by Crippen LogP contribution is 2.24. The van der Waals surface area contributed by atoms with Gasteiger partial charge in [0.15, 0.2) is 0 Å². The van der Waals surface area contributed by atoms with Gasteiger partial charge in [-0.1, -0.05) is 30.3 Å². The molecule has 1 saturated heterocycles. The predicted molar refractivity (Wildman–Crippen MR) is 90.1 cm³/mol. The lowest BCUT2D eigenvalue weighted by molar-refractivity contribution is -0.122. The lowest BCUT2D eigenvalue weighted by Gasteiger charge is -2.37. The summed E-state index contributed by atoms with van der Waals surface area (Å²) in [6, 6.07) is 9.71. The van der Waals surface area contributed by atoms with Gasteiger partial charge in [0.25, 0.3) is 0 Å². The fourth-order valence-electron chi connectivity index (χ4n) is 2.94. The van der Waals surface area contributed by atoms with Gasteiger partial charge >= 0.3 is 0 Å². The number of likely N-dealkylation sites (N-methyl/N-ethyl adjacent to an activating group) is 1. The van der Waals surface area contributed by atoms with Crippen molar-refractivity contribution in [3.63, 3.8) is 0 Å². The first kappa shape index (κ1) is 15.7. The van der Waals surface area contributed by atoms with Crippen LogP contribution >= 0.6 is 0 Å². The summed E-state index contributed by atoms with van der Waals surface area (Å²) in [6.45, 7) is 3.72. The summed E-state index contributed by atoms with van der Waals surface area (Å²) in [7, 11) is 3.95. The van der Waals surface area contributed by atoms with E-state index in [2.05, 4.69) is 27.3 Å². The maximum absolute atomic E-state index is 12.9. The van der Waals surface area contributed by atoms with Crippen molar-refractivity contribution in [1.82, 2.24) is 19.6 Å². The van der Waals surface area contributed by atoms with Gasteiger partial charge < -0.3 is 10.2 Å². The Morgan fingerprint density at radius 3 is 2.43 bits per heavy atom. The molecule has 1 aliphatic rings. The minimum Gasteiger partial charge on any atom is -0.322 e.